The minimum Gasteiger partial charge on any atom is -0.477 e. The lowest BCUT2D eigenvalue weighted by Crippen LogP contribution is -2.49. The largest absolute Gasteiger partial charge is 0.477 e. The predicted octanol–water partition coefficient (Wildman–Crippen LogP) is 2.59. The Hall–Kier alpha value is -4.05. The standard InChI is InChI=1S/C27H25FN4O5/c28-21-13-19-22(32(16-5-6-16)15-20(24(19)33)27(36)37)14-23(21)30-10-7-29(8-11-30)9-12-31-25(34)17-3-1-2-4-18(17)26(31)35/h1-4,13-16H,5-12H2,(H,36,37). The summed E-state index contributed by atoms with van der Waals surface area (Å²) >= 11 is 0. The molecule has 0 atom stereocenters. The SMILES string of the molecule is O=C(O)c1cn(C2CC2)c2cc(N3CCN(CCN4C(=O)c5ccccc5C4=O)CC3)c(F)cc2c1=O. The zero-order valence-electron chi connectivity index (χ0n) is 20.0. The first kappa shape index (κ1) is 23.4. The van der Waals surface area contributed by atoms with Crippen LogP contribution in [0.25, 0.3) is 10.9 Å². The number of carboxylic acid groups (broad SMARTS) is 1. The van der Waals surface area contributed by atoms with Gasteiger partial charge in [-0.2, -0.15) is 0 Å². The van der Waals surface area contributed by atoms with Crippen LogP contribution in [0.5, 0.6) is 0 Å². The average molecular weight is 505 g/mol. The van der Waals surface area contributed by atoms with E-state index in [0.717, 1.165) is 18.9 Å². The molecule has 0 radical (unpaired) electrons. The molecule has 3 aromatic rings. The van der Waals surface area contributed by atoms with Gasteiger partial charge in [0.2, 0.25) is 5.43 Å². The molecular formula is C27H25FN4O5. The summed E-state index contributed by atoms with van der Waals surface area (Å²) in [6.45, 7) is 3.12. The molecule has 2 aliphatic heterocycles. The highest BCUT2D eigenvalue weighted by molar-refractivity contribution is 6.21. The highest BCUT2D eigenvalue weighted by Crippen LogP contribution is 2.38. The number of aromatic carboxylic acids is 1. The van der Waals surface area contributed by atoms with Gasteiger partial charge >= 0.3 is 5.97 Å². The van der Waals surface area contributed by atoms with Gasteiger partial charge in [0.1, 0.15) is 11.4 Å². The van der Waals surface area contributed by atoms with Crippen LogP contribution in [0.3, 0.4) is 0 Å². The van der Waals surface area contributed by atoms with E-state index in [2.05, 4.69) is 4.90 Å². The fourth-order valence-electron chi connectivity index (χ4n) is 5.30. The number of piperazine rings is 1. The maximum Gasteiger partial charge on any atom is 0.341 e. The lowest BCUT2D eigenvalue weighted by atomic mass is 10.1. The number of benzene rings is 2. The first-order valence-electron chi connectivity index (χ1n) is 12.4. The van der Waals surface area contributed by atoms with Crippen LogP contribution in [0.15, 0.2) is 47.4 Å². The molecule has 10 heteroatoms. The molecule has 0 unspecified atom stereocenters. The van der Waals surface area contributed by atoms with Crippen molar-refractivity contribution < 1.29 is 23.9 Å². The van der Waals surface area contributed by atoms with E-state index in [1.54, 1.807) is 34.9 Å². The number of hydrogen-bond acceptors (Lipinski definition) is 6. The van der Waals surface area contributed by atoms with Crippen molar-refractivity contribution in [3.8, 4) is 0 Å². The van der Waals surface area contributed by atoms with Crippen LogP contribution in [0.1, 0.15) is 50.0 Å². The third-order valence-corrected chi connectivity index (χ3v) is 7.50. The van der Waals surface area contributed by atoms with Crippen LogP contribution in [-0.4, -0.2) is 76.5 Å². The fourth-order valence-corrected chi connectivity index (χ4v) is 5.30. The number of carbonyl (C=O) groups excluding carboxylic acids is 2. The number of fused-ring (bicyclic) bond motifs is 2. The van der Waals surface area contributed by atoms with Crippen LogP contribution in [0, 0.1) is 5.82 Å². The lowest BCUT2D eigenvalue weighted by molar-refractivity contribution is 0.0632. The Kier molecular flexibility index (Phi) is 5.56. The van der Waals surface area contributed by atoms with Crippen molar-refractivity contribution >= 4 is 34.4 Å². The number of carboxylic acids is 1. The van der Waals surface area contributed by atoms with Crippen molar-refractivity contribution in [1.82, 2.24) is 14.4 Å². The highest BCUT2D eigenvalue weighted by Gasteiger charge is 2.35. The lowest BCUT2D eigenvalue weighted by Gasteiger charge is -2.36. The highest BCUT2D eigenvalue weighted by atomic mass is 19.1. The number of amides is 2. The summed E-state index contributed by atoms with van der Waals surface area (Å²) in [4.78, 5) is 54.8. The Balaban J connectivity index is 1.17. The zero-order valence-corrected chi connectivity index (χ0v) is 20.0. The van der Waals surface area contributed by atoms with E-state index in [1.165, 1.54) is 11.1 Å². The maximum atomic E-state index is 15.2. The molecule has 6 rings (SSSR count). The van der Waals surface area contributed by atoms with Gasteiger partial charge in [-0.15, -0.1) is 0 Å². The van der Waals surface area contributed by atoms with Crippen molar-refractivity contribution in [2.75, 3.05) is 44.2 Å². The van der Waals surface area contributed by atoms with Crippen LogP contribution in [0.2, 0.25) is 0 Å². The number of hydrogen-bond donors (Lipinski definition) is 1. The average Bonchev–Trinajstić information content (AvgIpc) is 3.71. The Morgan fingerprint density at radius 3 is 2.19 bits per heavy atom. The van der Waals surface area contributed by atoms with Gasteiger partial charge in [-0.1, -0.05) is 12.1 Å². The third-order valence-electron chi connectivity index (χ3n) is 7.50. The smallest absolute Gasteiger partial charge is 0.341 e. The van der Waals surface area contributed by atoms with Gasteiger partial charge in [0.15, 0.2) is 0 Å². The van der Waals surface area contributed by atoms with Gasteiger partial charge < -0.3 is 14.6 Å². The van der Waals surface area contributed by atoms with Crippen LogP contribution in [-0.2, 0) is 0 Å². The van der Waals surface area contributed by atoms with E-state index in [-0.39, 0.29) is 35.4 Å². The quantitative estimate of drug-likeness (QED) is 0.515. The second-order valence-corrected chi connectivity index (χ2v) is 9.77. The molecule has 190 valence electrons. The zero-order chi connectivity index (χ0) is 25.8. The maximum absolute atomic E-state index is 15.2. The van der Waals surface area contributed by atoms with E-state index in [1.807, 2.05) is 4.90 Å². The topological polar surface area (TPSA) is 103 Å². The van der Waals surface area contributed by atoms with Gasteiger partial charge in [0, 0.05) is 56.9 Å². The first-order chi connectivity index (χ1) is 17.8. The van der Waals surface area contributed by atoms with Crippen molar-refractivity contribution in [3.63, 3.8) is 0 Å². The van der Waals surface area contributed by atoms with Crippen molar-refractivity contribution in [2.45, 2.75) is 18.9 Å². The summed E-state index contributed by atoms with van der Waals surface area (Å²) in [5.41, 5.74) is 0.765. The number of carbonyl (C=O) groups is 3. The molecule has 1 aliphatic carbocycles. The normalized spacial score (nSPS) is 18.1. The Bertz CT molecular complexity index is 1490. The number of rotatable bonds is 6. The predicted molar refractivity (Wildman–Crippen MR) is 134 cm³/mol. The van der Waals surface area contributed by atoms with E-state index in [0.29, 0.717) is 55.1 Å². The molecule has 9 nitrogen and oxygen atoms in total. The Morgan fingerprint density at radius 2 is 1.59 bits per heavy atom. The summed E-state index contributed by atoms with van der Waals surface area (Å²) in [5, 5.41) is 9.51. The number of imide groups is 1. The molecule has 3 heterocycles. The number of nitrogens with zero attached hydrogens (tertiary/aromatic N) is 4. The first-order valence-corrected chi connectivity index (χ1v) is 12.4. The van der Waals surface area contributed by atoms with Crippen LogP contribution < -0.4 is 10.3 Å². The van der Waals surface area contributed by atoms with E-state index in [9.17, 15) is 24.3 Å². The summed E-state index contributed by atoms with van der Waals surface area (Å²) in [7, 11) is 0. The summed E-state index contributed by atoms with van der Waals surface area (Å²) in [6.07, 6.45) is 3.15. The molecule has 0 spiro atoms. The van der Waals surface area contributed by atoms with Gasteiger partial charge in [-0.3, -0.25) is 24.2 Å². The third kappa shape index (κ3) is 3.97. The molecule has 1 N–H and O–H groups in total. The van der Waals surface area contributed by atoms with Gasteiger partial charge in [0.25, 0.3) is 11.8 Å². The number of halogens is 1. The minimum atomic E-state index is -1.32. The number of aromatic nitrogens is 1. The van der Waals surface area contributed by atoms with Crippen LogP contribution >= 0.6 is 0 Å². The summed E-state index contributed by atoms with van der Waals surface area (Å²) in [6, 6.07) is 9.74. The molecule has 1 saturated carbocycles. The van der Waals surface area contributed by atoms with Gasteiger partial charge in [0.05, 0.1) is 22.3 Å². The number of anilines is 1. The van der Waals surface area contributed by atoms with Crippen molar-refractivity contribution in [3.05, 3.63) is 75.3 Å². The summed E-state index contributed by atoms with van der Waals surface area (Å²) < 4.78 is 17.0. The van der Waals surface area contributed by atoms with E-state index in [4.69, 9.17) is 0 Å². The molecule has 1 aromatic heterocycles. The molecule has 2 fully saturated rings. The van der Waals surface area contributed by atoms with E-state index >= 15 is 4.39 Å². The molecule has 3 aliphatic rings. The fraction of sp³-hybridized carbons (Fsp3) is 0.333. The molecule has 2 amide bonds. The van der Waals surface area contributed by atoms with Gasteiger partial charge in [-0.05, 0) is 37.1 Å². The second kappa shape index (κ2) is 8.81. The molecule has 2 aromatic carbocycles. The Labute approximate surface area is 211 Å². The van der Waals surface area contributed by atoms with Crippen molar-refractivity contribution in [1.29, 1.82) is 0 Å². The minimum absolute atomic E-state index is 0.0765. The molecular weight excluding hydrogens is 479 g/mol. The monoisotopic (exact) mass is 504 g/mol. The Morgan fingerprint density at radius 1 is 0.946 bits per heavy atom. The van der Waals surface area contributed by atoms with Crippen LogP contribution in [0.4, 0.5) is 10.1 Å². The summed E-state index contributed by atoms with van der Waals surface area (Å²) in [5.74, 6) is -2.42. The van der Waals surface area contributed by atoms with Crippen molar-refractivity contribution in [2.24, 2.45) is 0 Å². The van der Waals surface area contributed by atoms with E-state index < -0.39 is 17.2 Å². The second-order valence-electron chi connectivity index (χ2n) is 9.77. The molecule has 1 saturated heterocycles. The number of pyridine rings is 1. The molecule has 37 heavy (non-hydrogen) atoms. The molecule has 0 bridgehead atoms. The van der Waals surface area contributed by atoms with Gasteiger partial charge in [-0.25, -0.2) is 9.18 Å².